The number of guanidine groups is 1. The van der Waals surface area contributed by atoms with E-state index in [1.807, 2.05) is 69.8 Å². The first-order valence-electron chi connectivity index (χ1n) is 11.8. The van der Waals surface area contributed by atoms with Crippen molar-refractivity contribution in [2.75, 3.05) is 51.7 Å². The molecule has 188 valence electrons. The van der Waals surface area contributed by atoms with E-state index in [-0.39, 0.29) is 30.1 Å². The van der Waals surface area contributed by atoms with Gasteiger partial charge in [-0.2, -0.15) is 0 Å². The van der Waals surface area contributed by atoms with E-state index in [2.05, 4.69) is 22.1 Å². The SMILES string of the molecule is CCNC(=NCc1cccc(N(C)C)n1)N1CCC(CN(CC)C(=O)OC(C)(C)C)CC1.I. The molecule has 2 rings (SSSR count). The predicted molar refractivity (Wildman–Crippen MR) is 147 cm³/mol. The molecule has 1 aromatic heterocycles. The molecular formula is C24H43IN6O2. The minimum atomic E-state index is -0.466. The molecule has 0 saturated carbocycles. The minimum Gasteiger partial charge on any atom is -0.444 e. The summed E-state index contributed by atoms with van der Waals surface area (Å²) in [5.74, 6) is 2.34. The number of amides is 1. The fourth-order valence-corrected chi connectivity index (χ4v) is 3.68. The molecule has 0 aliphatic carbocycles. The van der Waals surface area contributed by atoms with Crippen molar-refractivity contribution in [1.29, 1.82) is 0 Å². The third-order valence-corrected chi connectivity index (χ3v) is 5.40. The molecule has 1 amide bonds. The Morgan fingerprint density at radius 2 is 1.91 bits per heavy atom. The third-order valence-electron chi connectivity index (χ3n) is 5.40. The fourth-order valence-electron chi connectivity index (χ4n) is 3.68. The molecule has 1 saturated heterocycles. The summed E-state index contributed by atoms with van der Waals surface area (Å²) >= 11 is 0. The lowest BCUT2D eigenvalue weighted by atomic mass is 9.96. The molecule has 8 nitrogen and oxygen atoms in total. The van der Waals surface area contributed by atoms with Crippen LogP contribution in [0.1, 0.15) is 53.2 Å². The number of halogens is 1. The lowest BCUT2D eigenvalue weighted by Crippen LogP contribution is -2.47. The summed E-state index contributed by atoms with van der Waals surface area (Å²) in [5, 5.41) is 3.42. The highest BCUT2D eigenvalue weighted by Crippen LogP contribution is 2.20. The molecule has 0 unspecified atom stereocenters. The molecule has 1 aliphatic heterocycles. The van der Waals surface area contributed by atoms with Crippen molar-refractivity contribution in [3.63, 3.8) is 0 Å². The molecule has 1 aromatic rings. The molecule has 2 heterocycles. The average Bonchev–Trinajstić information content (AvgIpc) is 2.74. The highest BCUT2D eigenvalue weighted by molar-refractivity contribution is 14.0. The largest absolute Gasteiger partial charge is 0.444 e. The summed E-state index contributed by atoms with van der Waals surface area (Å²) in [6, 6.07) is 6.04. The lowest BCUT2D eigenvalue weighted by Gasteiger charge is -2.36. The van der Waals surface area contributed by atoms with E-state index in [0.29, 0.717) is 19.0 Å². The van der Waals surface area contributed by atoms with Gasteiger partial charge in [0.15, 0.2) is 5.96 Å². The number of ether oxygens (including phenoxy) is 1. The van der Waals surface area contributed by atoms with Crippen LogP contribution in [0.25, 0.3) is 0 Å². The van der Waals surface area contributed by atoms with Gasteiger partial charge in [-0.3, -0.25) is 0 Å². The van der Waals surface area contributed by atoms with E-state index in [1.54, 1.807) is 0 Å². The number of rotatable bonds is 7. The van der Waals surface area contributed by atoms with E-state index in [9.17, 15) is 4.79 Å². The summed E-state index contributed by atoms with van der Waals surface area (Å²) in [6.07, 6.45) is 1.83. The normalized spacial score (nSPS) is 15.0. The second-order valence-electron chi connectivity index (χ2n) is 9.50. The first-order valence-corrected chi connectivity index (χ1v) is 11.8. The van der Waals surface area contributed by atoms with Crippen molar-refractivity contribution in [1.82, 2.24) is 20.1 Å². The third kappa shape index (κ3) is 9.93. The molecule has 0 aromatic carbocycles. The van der Waals surface area contributed by atoms with Gasteiger partial charge in [0.2, 0.25) is 0 Å². The van der Waals surface area contributed by atoms with E-state index >= 15 is 0 Å². The number of likely N-dealkylation sites (tertiary alicyclic amines) is 1. The van der Waals surface area contributed by atoms with E-state index < -0.39 is 5.60 Å². The number of aromatic nitrogens is 1. The molecular weight excluding hydrogens is 531 g/mol. The van der Waals surface area contributed by atoms with E-state index in [1.165, 1.54) is 0 Å². The summed E-state index contributed by atoms with van der Waals surface area (Å²) in [5.41, 5.74) is 0.490. The fraction of sp³-hybridized carbons (Fsp3) is 0.708. The van der Waals surface area contributed by atoms with Crippen LogP contribution in [-0.2, 0) is 11.3 Å². The standard InChI is InChI=1S/C24H42N6O2.HI/c1-8-25-22(26-17-20-11-10-12-21(27-20)28(6)7)30-15-13-19(14-16-30)18-29(9-2)23(31)32-24(3,4)5;/h10-12,19H,8-9,13-18H2,1-7H3,(H,25,26);1H. The van der Waals surface area contributed by atoms with Gasteiger partial charge in [0.1, 0.15) is 11.4 Å². The summed E-state index contributed by atoms with van der Waals surface area (Å²) in [4.78, 5) is 28.1. The van der Waals surface area contributed by atoms with Crippen LogP contribution in [0.2, 0.25) is 0 Å². The zero-order valence-corrected chi connectivity index (χ0v) is 23.8. The number of carbonyl (C=O) groups excluding carboxylic acids is 1. The van der Waals surface area contributed by atoms with Gasteiger partial charge in [-0.15, -0.1) is 24.0 Å². The van der Waals surface area contributed by atoms with Crippen molar-refractivity contribution < 1.29 is 9.53 Å². The van der Waals surface area contributed by atoms with Crippen LogP contribution in [-0.4, -0.2) is 79.3 Å². The van der Waals surface area contributed by atoms with Crippen molar-refractivity contribution >= 4 is 41.8 Å². The Morgan fingerprint density at radius 1 is 1.24 bits per heavy atom. The Bertz CT molecular complexity index is 758. The molecule has 1 N–H and O–H groups in total. The predicted octanol–water partition coefficient (Wildman–Crippen LogP) is 4.20. The first-order chi connectivity index (χ1) is 15.1. The van der Waals surface area contributed by atoms with Crippen molar-refractivity contribution in [3.05, 3.63) is 23.9 Å². The number of hydrogen-bond acceptors (Lipinski definition) is 5. The molecule has 9 heteroatoms. The molecule has 33 heavy (non-hydrogen) atoms. The van der Waals surface area contributed by atoms with Gasteiger partial charge in [0.25, 0.3) is 0 Å². The summed E-state index contributed by atoms with van der Waals surface area (Å²) < 4.78 is 5.56. The van der Waals surface area contributed by atoms with Crippen LogP contribution in [0.15, 0.2) is 23.2 Å². The Labute approximate surface area is 217 Å². The number of nitrogens with one attached hydrogen (secondary N) is 1. The van der Waals surface area contributed by atoms with Gasteiger partial charge in [-0.25, -0.2) is 14.8 Å². The Kier molecular flexibility index (Phi) is 12.2. The quantitative estimate of drug-likeness (QED) is 0.299. The van der Waals surface area contributed by atoms with Crippen molar-refractivity contribution in [3.8, 4) is 0 Å². The second kappa shape index (κ2) is 13.8. The van der Waals surface area contributed by atoms with Crippen LogP contribution < -0.4 is 10.2 Å². The Morgan fingerprint density at radius 3 is 2.45 bits per heavy atom. The maximum Gasteiger partial charge on any atom is 0.410 e. The Balaban J connectivity index is 0.00000544. The smallest absolute Gasteiger partial charge is 0.410 e. The zero-order valence-electron chi connectivity index (χ0n) is 21.4. The molecule has 0 radical (unpaired) electrons. The summed E-state index contributed by atoms with van der Waals surface area (Å²) in [7, 11) is 3.98. The summed E-state index contributed by atoms with van der Waals surface area (Å²) in [6.45, 7) is 14.5. The lowest BCUT2D eigenvalue weighted by molar-refractivity contribution is 0.0214. The zero-order chi connectivity index (χ0) is 23.7. The number of nitrogens with zero attached hydrogens (tertiary/aromatic N) is 5. The van der Waals surface area contributed by atoms with Crippen LogP contribution in [0.4, 0.5) is 10.6 Å². The number of piperidine rings is 1. The highest BCUT2D eigenvalue weighted by Gasteiger charge is 2.27. The van der Waals surface area contributed by atoms with Gasteiger partial charge in [-0.05, 0) is 65.5 Å². The molecule has 0 bridgehead atoms. The van der Waals surface area contributed by atoms with Crippen LogP contribution in [0.5, 0.6) is 0 Å². The van der Waals surface area contributed by atoms with Gasteiger partial charge >= 0.3 is 6.09 Å². The molecule has 1 aliphatic rings. The number of carbonyl (C=O) groups is 1. The minimum absolute atomic E-state index is 0. The number of pyridine rings is 1. The van der Waals surface area contributed by atoms with Gasteiger partial charge in [-0.1, -0.05) is 6.07 Å². The molecule has 0 spiro atoms. The van der Waals surface area contributed by atoms with Gasteiger partial charge < -0.3 is 24.8 Å². The Hall–Kier alpha value is -1.78. The molecule has 1 fully saturated rings. The van der Waals surface area contributed by atoms with Crippen LogP contribution in [0, 0.1) is 5.92 Å². The van der Waals surface area contributed by atoms with Gasteiger partial charge in [0.05, 0.1) is 12.2 Å². The molecule has 0 atom stereocenters. The van der Waals surface area contributed by atoms with E-state index in [0.717, 1.165) is 56.5 Å². The van der Waals surface area contributed by atoms with E-state index in [4.69, 9.17) is 9.73 Å². The number of aliphatic imine (C=N–C) groups is 1. The second-order valence-corrected chi connectivity index (χ2v) is 9.50. The maximum atomic E-state index is 12.5. The van der Waals surface area contributed by atoms with Crippen LogP contribution >= 0.6 is 24.0 Å². The number of anilines is 1. The van der Waals surface area contributed by atoms with Gasteiger partial charge in [0, 0.05) is 46.8 Å². The number of hydrogen-bond donors (Lipinski definition) is 1. The monoisotopic (exact) mass is 574 g/mol. The van der Waals surface area contributed by atoms with Crippen molar-refractivity contribution in [2.45, 2.75) is 59.6 Å². The topological polar surface area (TPSA) is 73.3 Å². The van der Waals surface area contributed by atoms with Crippen molar-refractivity contribution in [2.24, 2.45) is 10.9 Å². The average molecular weight is 575 g/mol. The first kappa shape index (κ1) is 29.3. The maximum absolute atomic E-state index is 12.5. The van der Waals surface area contributed by atoms with Crippen LogP contribution in [0.3, 0.4) is 0 Å². The highest BCUT2D eigenvalue weighted by atomic mass is 127.